The third-order valence-corrected chi connectivity index (χ3v) is 4.25. The van der Waals surface area contributed by atoms with E-state index in [1.165, 1.54) is 4.88 Å². The minimum Gasteiger partial charge on any atom is -0.444 e. The highest BCUT2D eigenvalue weighted by Crippen LogP contribution is 2.14. The standard InChI is InChI=1S/C16H29N3O2S/c1-7-14-18-9-12(22-14)8-17-13(11(2)3)10-19-15(20)21-16(4,5)6/h9,11,13,17H,7-8,10H2,1-6H3,(H,19,20). The van der Waals surface area contributed by atoms with Crippen LogP contribution in [0.2, 0.25) is 0 Å². The molecule has 1 aromatic rings. The number of ether oxygens (including phenoxy) is 1. The maximum atomic E-state index is 11.7. The fourth-order valence-corrected chi connectivity index (χ4v) is 2.69. The summed E-state index contributed by atoms with van der Waals surface area (Å²) in [5.41, 5.74) is -0.468. The number of carbonyl (C=O) groups is 1. The minimum absolute atomic E-state index is 0.194. The molecule has 0 bridgehead atoms. The lowest BCUT2D eigenvalue weighted by Gasteiger charge is -2.24. The molecule has 1 rings (SSSR count). The van der Waals surface area contributed by atoms with Gasteiger partial charge in [-0.1, -0.05) is 20.8 Å². The van der Waals surface area contributed by atoms with Crippen molar-refractivity contribution in [3.63, 3.8) is 0 Å². The Kier molecular flexibility index (Phi) is 7.29. The van der Waals surface area contributed by atoms with E-state index in [-0.39, 0.29) is 12.1 Å². The van der Waals surface area contributed by atoms with Gasteiger partial charge < -0.3 is 15.4 Å². The van der Waals surface area contributed by atoms with E-state index < -0.39 is 5.60 Å². The minimum atomic E-state index is -0.468. The molecule has 0 saturated carbocycles. The number of aryl methyl sites for hydroxylation is 1. The van der Waals surface area contributed by atoms with Gasteiger partial charge in [-0.15, -0.1) is 11.3 Å². The van der Waals surface area contributed by atoms with Crippen LogP contribution in [0, 0.1) is 5.92 Å². The van der Waals surface area contributed by atoms with Crippen molar-refractivity contribution in [3.05, 3.63) is 16.1 Å². The maximum Gasteiger partial charge on any atom is 0.407 e. The smallest absolute Gasteiger partial charge is 0.407 e. The largest absolute Gasteiger partial charge is 0.444 e. The molecule has 0 saturated heterocycles. The van der Waals surface area contributed by atoms with Gasteiger partial charge in [0.05, 0.1) is 5.01 Å². The molecule has 1 amide bonds. The first-order valence-corrected chi connectivity index (χ1v) is 8.66. The quantitative estimate of drug-likeness (QED) is 0.806. The van der Waals surface area contributed by atoms with Crippen LogP contribution in [0.15, 0.2) is 6.20 Å². The van der Waals surface area contributed by atoms with Crippen molar-refractivity contribution in [1.82, 2.24) is 15.6 Å². The third-order valence-electron chi connectivity index (χ3n) is 3.11. The van der Waals surface area contributed by atoms with Crippen molar-refractivity contribution in [1.29, 1.82) is 0 Å². The van der Waals surface area contributed by atoms with Gasteiger partial charge >= 0.3 is 6.09 Å². The first kappa shape index (κ1) is 18.9. The predicted molar refractivity (Wildman–Crippen MR) is 91.2 cm³/mol. The van der Waals surface area contributed by atoms with Gasteiger partial charge in [-0.25, -0.2) is 9.78 Å². The lowest BCUT2D eigenvalue weighted by Crippen LogP contribution is -2.45. The molecule has 0 aromatic carbocycles. The number of nitrogens with one attached hydrogen (secondary N) is 2. The molecule has 0 aliphatic heterocycles. The average molecular weight is 327 g/mol. The summed E-state index contributed by atoms with van der Waals surface area (Å²) in [6.45, 7) is 13.3. The van der Waals surface area contributed by atoms with Crippen LogP contribution in [0.1, 0.15) is 51.4 Å². The normalized spacial score (nSPS) is 13.2. The van der Waals surface area contributed by atoms with Crippen molar-refractivity contribution >= 4 is 17.4 Å². The fourth-order valence-electron chi connectivity index (χ4n) is 1.88. The summed E-state index contributed by atoms with van der Waals surface area (Å²) in [5, 5.41) is 7.49. The van der Waals surface area contributed by atoms with Gasteiger partial charge in [0.25, 0.3) is 0 Å². The highest BCUT2D eigenvalue weighted by Gasteiger charge is 2.19. The molecule has 2 N–H and O–H groups in total. The second-order valence-corrected chi connectivity index (χ2v) is 7.89. The van der Waals surface area contributed by atoms with Crippen LogP contribution < -0.4 is 10.6 Å². The van der Waals surface area contributed by atoms with Crippen molar-refractivity contribution < 1.29 is 9.53 Å². The first-order valence-electron chi connectivity index (χ1n) is 7.85. The monoisotopic (exact) mass is 327 g/mol. The molecule has 1 aromatic heterocycles. The predicted octanol–water partition coefficient (Wildman–Crippen LogP) is 3.34. The van der Waals surface area contributed by atoms with Crippen LogP contribution in [0.25, 0.3) is 0 Å². The van der Waals surface area contributed by atoms with Gasteiger partial charge in [0.1, 0.15) is 5.60 Å². The maximum absolute atomic E-state index is 11.7. The highest BCUT2D eigenvalue weighted by molar-refractivity contribution is 7.11. The van der Waals surface area contributed by atoms with Crippen LogP contribution in [0.5, 0.6) is 0 Å². The molecule has 0 aliphatic rings. The van der Waals surface area contributed by atoms with Gasteiger partial charge in [-0.3, -0.25) is 0 Å². The summed E-state index contributed by atoms with van der Waals surface area (Å²) in [5.74, 6) is 0.411. The summed E-state index contributed by atoms with van der Waals surface area (Å²) in [6.07, 6.45) is 2.53. The van der Waals surface area contributed by atoms with Gasteiger partial charge in [0.2, 0.25) is 0 Å². The van der Waals surface area contributed by atoms with E-state index in [0.717, 1.165) is 18.0 Å². The number of amides is 1. The molecule has 0 radical (unpaired) electrons. The number of nitrogens with zero attached hydrogens (tertiary/aromatic N) is 1. The first-order chi connectivity index (χ1) is 10.2. The summed E-state index contributed by atoms with van der Waals surface area (Å²) < 4.78 is 5.26. The Balaban J connectivity index is 2.43. The molecule has 5 nitrogen and oxygen atoms in total. The van der Waals surface area contributed by atoms with E-state index >= 15 is 0 Å². The van der Waals surface area contributed by atoms with Crippen LogP contribution >= 0.6 is 11.3 Å². The van der Waals surface area contributed by atoms with Gasteiger partial charge in [-0.05, 0) is 33.1 Å². The molecular weight excluding hydrogens is 298 g/mol. The SMILES string of the molecule is CCc1ncc(CNC(CNC(=O)OC(C)(C)C)C(C)C)s1. The Hall–Kier alpha value is -1.14. The fraction of sp³-hybridized carbons (Fsp3) is 0.750. The number of alkyl carbamates (subject to hydrolysis) is 1. The van der Waals surface area contributed by atoms with E-state index in [1.807, 2.05) is 27.0 Å². The Morgan fingerprint density at radius 1 is 1.41 bits per heavy atom. The molecule has 1 atom stereocenters. The molecule has 22 heavy (non-hydrogen) atoms. The molecule has 0 aliphatic carbocycles. The Morgan fingerprint density at radius 3 is 2.59 bits per heavy atom. The number of carbonyl (C=O) groups excluding carboxylic acids is 1. The van der Waals surface area contributed by atoms with Gasteiger partial charge in [0, 0.05) is 30.2 Å². The summed E-state index contributed by atoms with van der Waals surface area (Å²) in [7, 11) is 0. The molecule has 0 fully saturated rings. The Bertz CT molecular complexity index is 466. The molecule has 6 heteroatoms. The van der Waals surface area contributed by atoms with E-state index in [9.17, 15) is 4.79 Å². The van der Waals surface area contributed by atoms with Crippen molar-refractivity contribution in [3.8, 4) is 0 Å². The van der Waals surface area contributed by atoms with E-state index in [1.54, 1.807) is 11.3 Å². The van der Waals surface area contributed by atoms with Crippen molar-refractivity contribution in [2.75, 3.05) is 6.54 Å². The van der Waals surface area contributed by atoms with Crippen molar-refractivity contribution in [2.45, 2.75) is 66.2 Å². The van der Waals surface area contributed by atoms with Crippen LogP contribution in [-0.4, -0.2) is 29.3 Å². The second-order valence-electron chi connectivity index (χ2n) is 6.69. The lowest BCUT2D eigenvalue weighted by molar-refractivity contribution is 0.0519. The molecule has 1 unspecified atom stereocenters. The van der Waals surface area contributed by atoms with Gasteiger partial charge in [0.15, 0.2) is 0 Å². The highest BCUT2D eigenvalue weighted by atomic mass is 32.1. The number of hydrogen-bond donors (Lipinski definition) is 2. The average Bonchev–Trinajstić information content (AvgIpc) is 2.84. The summed E-state index contributed by atoms with van der Waals surface area (Å²) >= 11 is 1.73. The molecule has 0 spiro atoms. The third kappa shape index (κ3) is 7.22. The summed E-state index contributed by atoms with van der Waals surface area (Å²) in [6, 6.07) is 0.194. The number of thiazole rings is 1. The zero-order chi connectivity index (χ0) is 16.8. The van der Waals surface area contributed by atoms with Gasteiger partial charge in [-0.2, -0.15) is 0 Å². The topological polar surface area (TPSA) is 63.2 Å². The molecular formula is C16H29N3O2S. The Labute approximate surface area is 137 Å². The van der Waals surface area contributed by atoms with Crippen molar-refractivity contribution in [2.24, 2.45) is 5.92 Å². The van der Waals surface area contributed by atoms with Crippen LogP contribution in [0.3, 0.4) is 0 Å². The molecule has 126 valence electrons. The van der Waals surface area contributed by atoms with E-state index in [4.69, 9.17) is 4.74 Å². The second kappa shape index (κ2) is 8.48. The zero-order valence-electron chi connectivity index (χ0n) is 14.5. The van der Waals surface area contributed by atoms with Crippen LogP contribution in [-0.2, 0) is 17.7 Å². The molecule has 1 heterocycles. The van der Waals surface area contributed by atoms with Crippen LogP contribution in [0.4, 0.5) is 4.79 Å². The lowest BCUT2D eigenvalue weighted by atomic mass is 10.0. The Morgan fingerprint density at radius 2 is 2.09 bits per heavy atom. The number of rotatable bonds is 7. The number of aromatic nitrogens is 1. The van der Waals surface area contributed by atoms with E-state index in [2.05, 4.69) is 36.4 Å². The van der Waals surface area contributed by atoms with E-state index in [0.29, 0.717) is 12.5 Å². The number of hydrogen-bond acceptors (Lipinski definition) is 5. The summed E-state index contributed by atoms with van der Waals surface area (Å²) in [4.78, 5) is 17.3. The zero-order valence-corrected chi connectivity index (χ0v) is 15.3.